The minimum atomic E-state index is -1.19. The van der Waals surface area contributed by atoms with E-state index in [-0.39, 0.29) is 30.8 Å². The van der Waals surface area contributed by atoms with Crippen molar-refractivity contribution in [3.63, 3.8) is 0 Å². The summed E-state index contributed by atoms with van der Waals surface area (Å²) in [5, 5.41) is 12.5. The molecule has 258 valence electrons. The number of aromatic nitrogens is 2. The molecule has 3 aromatic rings. The Balaban J connectivity index is 0.00000376. The predicted molar refractivity (Wildman–Crippen MR) is 176 cm³/mol. The largest absolute Gasteiger partial charge is 0.444 e. The molecule has 3 amide bonds. The van der Waals surface area contributed by atoms with Gasteiger partial charge >= 0.3 is 6.09 Å². The van der Waals surface area contributed by atoms with Crippen molar-refractivity contribution < 1.29 is 33.0 Å². The van der Waals surface area contributed by atoms with Crippen LogP contribution in [0.15, 0.2) is 54.7 Å². The van der Waals surface area contributed by atoms with Crippen LogP contribution in [0.25, 0.3) is 11.3 Å². The van der Waals surface area contributed by atoms with Crippen LogP contribution in [0.3, 0.4) is 0 Å². The number of ether oxygens (including phenoxy) is 1. The lowest BCUT2D eigenvalue weighted by Crippen LogP contribution is -2.52. The minimum Gasteiger partial charge on any atom is -0.444 e. The van der Waals surface area contributed by atoms with Gasteiger partial charge in [0.2, 0.25) is 5.91 Å². The molecule has 0 saturated carbocycles. The second-order valence-corrected chi connectivity index (χ2v) is 12.7. The lowest BCUT2D eigenvalue weighted by molar-refractivity contribution is -0.140. The summed E-state index contributed by atoms with van der Waals surface area (Å²) < 4.78 is 36.2. The number of halogens is 2. The molecule has 11 nitrogen and oxygen atoms in total. The second-order valence-electron chi connectivity index (χ2n) is 12.7. The molecule has 0 bridgehead atoms. The Labute approximate surface area is 275 Å². The maximum absolute atomic E-state index is 14.9. The zero-order chi connectivity index (χ0) is 35.5. The number of nitrogens with zero attached hydrogens (tertiary/aromatic N) is 3. The molecule has 0 aliphatic rings. The van der Waals surface area contributed by atoms with E-state index in [1.807, 2.05) is 70.4 Å². The summed E-state index contributed by atoms with van der Waals surface area (Å²) in [6.45, 7) is 13.9. The van der Waals surface area contributed by atoms with E-state index in [0.29, 0.717) is 5.82 Å². The molecular formula is C34H48F2N6O5. The molecule has 0 aliphatic heterocycles. The Bertz CT molecular complexity index is 1480. The van der Waals surface area contributed by atoms with E-state index in [9.17, 15) is 28.3 Å². The Morgan fingerprint density at radius 2 is 1.68 bits per heavy atom. The highest BCUT2D eigenvalue weighted by molar-refractivity contribution is 5.85. The van der Waals surface area contributed by atoms with E-state index in [2.05, 4.69) is 5.32 Å². The first-order chi connectivity index (χ1) is 22.0. The third-order valence-electron chi connectivity index (χ3n) is 6.85. The van der Waals surface area contributed by atoms with Gasteiger partial charge < -0.3 is 24.6 Å². The standard InChI is InChI=1S/C32H42F2N6O5.C2H6/c1-31(2,3)27(40(26(42)19-41)15-14-24(29(43)38-35)37-30(44)45-32(4,5)6)28-36-25(22-16-21(33)12-13-23(22)34)18-39(28)17-20-10-8-7-9-11-20;1-2/h7-13,16,18,24,27,41H,14-15,17,19,35H2,1-6H3,(H,37,44)(H,38,43);1-2H3. The van der Waals surface area contributed by atoms with Gasteiger partial charge in [0.1, 0.15) is 35.7 Å². The van der Waals surface area contributed by atoms with Crippen LogP contribution in [0, 0.1) is 17.0 Å². The molecule has 0 saturated heterocycles. The average molecular weight is 659 g/mol. The number of hydrazine groups is 1. The Kier molecular flexibility index (Phi) is 14.0. The predicted octanol–water partition coefficient (Wildman–Crippen LogP) is 5.08. The molecule has 5 N–H and O–H groups in total. The summed E-state index contributed by atoms with van der Waals surface area (Å²) in [6, 6.07) is 10.4. The summed E-state index contributed by atoms with van der Waals surface area (Å²) in [7, 11) is 0. The number of hydrogen-bond donors (Lipinski definition) is 4. The van der Waals surface area contributed by atoms with Gasteiger partial charge in [-0.05, 0) is 56.4 Å². The van der Waals surface area contributed by atoms with Crippen LogP contribution in [0.2, 0.25) is 0 Å². The molecule has 2 atom stereocenters. The van der Waals surface area contributed by atoms with Crippen molar-refractivity contribution in [2.24, 2.45) is 11.3 Å². The van der Waals surface area contributed by atoms with Gasteiger partial charge in [-0.25, -0.2) is 24.4 Å². The van der Waals surface area contributed by atoms with E-state index in [4.69, 9.17) is 15.6 Å². The topological polar surface area (TPSA) is 152 Å². The number of rotatable bonds is 11. The van der Waals surface area contributed by atoms with Crippen LogP contribution < -0.4 is 16.6 Å². The fraction of sp³-hybridized carbons (Fsp3) is 0.471. The van der Waals surface area contributed by atoms with Gasteiger partial charge in [-0.2, -0.15) is 0 Å². The molecule has 0 spiro atoms. The number of nitrogens with one attached hydrogen (secondary N) is 2. The van der Waals surface area contributed by atoms with E-state index in [1.54, 1.807) is 31.5 Å². The van der Waals surface area contributed by atoms with Crippen LogP contribution in [-0.2, 0) is 20.9 Å². The van der Waals surface area contributed by atoms with Crippen molar-refractivity contribution in [2.75, 3.05) is 13.2 Å². The van der Waals surface area contributed by atoms with Crippen molar-refractivity contribution in [2.45, 2.75) is 86.0 Å². The zero-order valence-corrected chi connectivity index (χ0v) is 28.4. The highest BCUT2D eigenvalue weighted by Gasteiger charge is 2.39. The SMILES string of the molecule is CC.CC(C)(C)OC(=O)NC(CCN(C(=O)CO)C(c1nc(-c2cc(F)ccc2F)cn1Cc1ccccc1)C(C)(C)C)C(=O)NN. The maximum atomic E-state index is 14.9. The molecule has 47 heavy (non-hydrogen) atoms. The van der Waals surface area contributed by atoms with Crippen molar-refractivity contribution in [1.82, 2.24) is 25.2 Å². The summed E-state index contributed by atoms with van der Waals surface area (Å²) >= 11 is 0. The quantitative estimate of drug-likeness (QED) is 0.127. The van der Waals surface area contributed by atoms with Gasteiger partial charge in [-0.1, -0.05) is 65.0 Å². The first-order valence-electron chi connectivity index (χ1n) is 15.5. The normalized spacial score (nSPS) is 12.7. The Morgan fingerprint density at radius 1 is 1.04 bits per heavy atom. The maximum Gasteiger partial charge on any atom is 0.408 e. The number of imidazole rings is 1. The lowest BCUT2D eigenvalue weighted by atomic mass is 9.84. The molecule has 0 fully saturated rings. The van der Waals surface area contributed by atoms with Crippen LogP contribution in [-0.4, -0.2) is 62.3 Å². The molecule has 2 unspecified atom stereocenters. The first kappa shape index (κ1) is 38.8. The highest BCUT2D eigenvalue weighted by Crippen LogP contribution is 2.39. The number of carbonyl (C=O) groups excluding carboxylic acids is 3. The van der Waals surface area contributed by atoms with Gasteiger partial charge in [0.05, 0.1) is 11.7 Å². The molecule has 13 heteroatoms. The van der Waals surface area contributed by atoms with Crippen LogP contribution >= 0.6 is 0 Å². The monoisotopic (exact) mass is 658 g/mol. The van der Waals surface area contributed by atoms with E-state index >= 15 is 0 Å². The molecular weight excluding hydrogens is 610 g/mol. The van der Waals surface area contributed by atoms with Crippen molar-refractivity contribution in [3.05, 3.63) is 77.8 Å². The number of hydrogen-bond acceptors (Lipinski definition) is 7. The summed E-state index contributed by atoms with van der Waals surface area (Å²) in [4.78, 5) is 44.6. The number of aliphatic hydroxyl groups is 1. The first-order valence-corrected chi connectivity index (χ1v) is 15.5. The van der Waals surface area contributed by atoms with Gasteiger partial charge in [-0.3, -0.25) is 15.0 Å². The molecule has 1 aromatic heterocycles. The Hall–Kier alpha value is -4.36. The van der Waals surface area contributed by atoms with Crippen LogP contribution in [0.5, 0.6) is 0 Å². The lowest BCUT2D eigenvalue weighted by Gasteiger charge is -2.40. The fourth-order valence-corrected chi connectivity index (χ4v) is 4.95. The summed E-state index contributed by atoms with van der Waals surface area (Å²) in [5.41, 5.74) is 1.43. The summed E-state index contributed by atoms with van der Waals surface area (Å²) in [5.74, 6) is 3.01. The Morgan fingerprint density at radius 3 is 2.23 bits per heavy atom. The third-order valence-corrected chi connectivity index (χ3v) is 6.85. The smallest absolute Gasteiger partial charge is 0.408 e. The molecule has 0 aliphatic carbocycles. The summed E-state index contributed by atoms with van der Waals surface area (Å²) in [6.07, 6.45) is 0.629. The van der Waals surface area contributed by atoms with Crippen molar-refractivity contribution in [3.8, 4) is 11.3 Å². The number of alkyl carbamates (subject to hydrolysis) is 1. The van der Waals surface area contributed by atoms with E-state index in [1.165, 1.54) is 4.90 Å². The van der Waals surface area contributed by atoms with Gasteiger partial charge in [0.25, 0.3) is 5.91 Å². The van der Waals surface area contributed by atoms with Crippen LogP contribution in [0.4, 0.5) is 13.6 Å². The minimum absolute atomic E-state index is 0.0583. The molecule has 0 radical (unpaired) electrons. The van der Waals surface area contributed by atoms with Crippen molar-refractivity contribution in [1.29, 1.82) is 0 Å². The number of amides is 3. The van der Waals surface area contributed by atoms with Gasteiger partial charge in [-0.15, -0.1) is 0 Å². The average Bonchev–Trinajstić information content (AvgIpc) is 3.40. The molecule has 1 heterocycles. The number of carbonyl (C=O) groups is 3. The number of aliphatic hydroxyl groups excluding tert-OH is 1. The number of benzene rings is 2. The van der Waals surface area contributed by atoms with Crippen molar-refractivity contribution >= 4 is 17.9 Å². The van der Waals surface area contributed by atoms with Crippen LogP contribution in [0.1, 0.15) is 79.2 Å². The highest BCUT2D eigenvalue weighted by atomic mass is 19.1. The molecule has 2 aromatic carbocycles. The third kappa shape index (κ3) is 11.1. The van der Waals surface area contributed by atoms with Gasteiger partial charge in [0.15, 0.2) is 0 Å². The van der Waals surface area contributed by atoms with E-state index in [0.717, 1.165) is 23.8 Å². The zero-order valence-electron chi connectivity index (χ0n) is 28.4. The molecule has 3 rings (SSSR count). The number of nitrogens with two attached hydrogens (primary N) is 1. The van der Waals surface area contributed by atoms with E-state index < -0.39 is 59.2 Å². The second kappa shape index (κ2) is 17.0. The fourth-order valence-electron chi connectivity index (χ4n) is 4.95. The van der Waals surface area contributed by atoms with Gasteiger partial charge in [0, 0.05) is 24.8 Å².